The molecule has 0 radical (unpaired) electrons. The number of carbonyl (C=O) groups excluding carboxylic acids is 2. The number of carbonyl (C=O) groups is 2. The summed E-state index contributed by atoms with van der Waals surface area (Å²) in [6.07, 6.45) is 0.842. The summed E-state index contributed by atoms with van der Waals surface area (Å²) in [5, 5.41) is 2.79. The molecule has 5 heteroatoms. The first-order chi connectivity index (χ1) is 9.40. The highest BCUT2D eigenvalue weighted by atomic mass is 16.5. The number of amides is 1. The van der Waals surface area contributed by atoms with Gasteiger partial charge in [-0.3, -0.25) is 4.79 Å². The summed E-state index contributed by atoms with van der Waals surface area (Å²) in [5.41, 5.74) is 7.78. The second-order valence-corrected chi connectivity index (χ2v) is 4.92. The Morgan fingerprint density at radius 1 is 1.40 bits per heavy atom. The molecule has 0 saturated carbocycles. The van der Waals surface area contributed by atoms with E-state index in [-0.39, 0.29) is 11.8 Å². The Hall–Kier alpha value is -1.88. The number of rotatable bonds is 5. The Morgan fingerprint density at radius 3 is 2.55 bits per heavy atom. The summed E-state index contributed by atoms with van der Waals surface area (Å²) in [6.45, 7) is 5.75. The van der Waals surface area contributed by atoms with Crippen LogP contribution in [-0.2, 0) is 9.53 Å². The molecule has 1 aromatic carbocycles. The van der Waals surface area contributed by atoms with Crippen LogP contribution in [0.1, 0.15) is 36.2 Å². The summed E-state index contributed by atoms with van der Waals surface area (Å²) in [6, 6.07) is 4.43. The largest absolute Gasteiger partial charge is 0.465 e. The van der Waals surface area contributed by atoms with Crippen LogP contribution in [0, 0.1) is 12.8 Å². The third kappa shape index (κ3) is 3.81. The molecular weight excluding hydrogens is 256 g/mol. The van der Waals surface area contributed by atoms with Gasteiger partial charge < -0.3 is 15.8 Å². The first-order valence-electron chi connectivity index (χ1n) is 6.66. The molecule has 5 nitrogen and oxygen atoms in total. The highest BCUT2D eigenvalue weighted by molar-refractivity contribution is 5.96. The Bertz CT molecular complexity index is 500. The number of aryl methyl sites for hydroxylation is 1. The summed E-state index contributed by atoms with van der Waals surface area (Å²) in [4.78, 5) is 23.4. The molecule has 0 saturated heterocycles. The van der Waals surface area contributed by atoms with E-state index in [2.05, 4.69) is 10.1 Å². The molecule has 0 aliphatic rings. The van der Waals surface area contributed by atoms with Crippen molar-refractivity contribution in [2.24, 2.45) is 11.7 Å². The molecule has 2 atom stereocenters. The van der Waals surface area contributed by atoms with Crippen molar-refractivity contribution in [1.82, 2.24) is 0 Å². The van der Waals surface area contributed by atoms with E-state index in [0.717, 1.165) is 12.0 Å². The molecule has 0 bridgehead atoms. The Balaban J connectivity index is 2.84. The third-order valence-electron chi connectivity index (χ3n) is 3.47. The normalized spacial score (nSPS) is 13.4. The van der Waals surface area contributed by atoms with Crippen LogP contribution >= 0.6 is 0 Å². The van der Waals surface area contributed by atoms with Gasteiger partial charge in [-0.05, 0) is 36.6 Å². The SMILES string of the molecule is CC[C@H](C)[C@H](N)C(=O)Nc1ccc(C(=O)OC)cc1C. The monoisotopic (exact) mass is 278 g/mol. The number of esters is 1. The number of ether oxygens (including phenoxy) is 1. The van der Waals surface area contributed by atoms with Crippen molar-refractivity contribution in [3.05, 3.63) is 29.3 Å². The van der Waals surface area contributed by atoms with Gasteiger partial charge >= 0.3 is 5.97 Å². The maximum atomic E-state index is 12.0. The maximum absolute atomic E-state index is 12.0. The van der Waals surface area contributed by atoms with E-state index < -0.39 is 12.0 Å². The molecule has 0 spiro atoms. The fourth-order valence-electron chi connectivity index (χ4n) is 1.78. The van der Waals surface area contributed by atoms with Gasteiger partial charge in [0, 0.05) is 5.69 Å². The molecule has 0 aliphatic carbocycles. The number of hydrogen-bond donors (Lipinski definition) is 2. The van der Waals surface area contributed by atoms with Crippen LogP contribution in [-0.4, -0.2) is 25.0 Å². The van der Waals surface area contributed by atoms with E-state index >= 15 is 0 Å². The average Bonchev–Trinajstić information content (AvgIpc) is 2.46. The Kier molecular flexibility index (Phi) is 5.70. The van der Waals surface area contributed by atoms with Gasteiger partial charge in [0.1, 0.15) is 0 Å². The van der Waals surface area contributed by atoms with Crippen LogP contribution in [0.3, 0.4) is 0 Å². The van der Waals surface area contributed by atoms with Crippen molar-refractivity contribution in [1.29, 1.82) is 0 Å². The van der Waals surface area contributed by atoms with E-state index in [1.165, 1.54) is 7.11 Å². The van der Waals surface area contributed by atoms with E-state index in [1.807, 2.05) is 20.8 Å². The lowest BCUT2D eigenvalue weighted by Gasteiger charge is -2.18. The molecule has 110 valence electrons. The first kappa shape index (κ1) is 16.2. The molecule has 0 heterocycles. The van der Waals surface area contributed by atoms with E-state index in [9.17, 15) is 9.59 Å². The van der Waals surface area contributed by atoms with Crippen LogP contribution in [0.2, 0.25) is 0 Å². The van der Waals surface area contributed by atoms with Crippen molar-refractivity contribution in [3.63, 3.8) is 0 Å². The molecule has 1 aromatic rings. The molecule has 1 rings (SSSR count). The summed E-state index contributed by atoms with van der Waals surface area (Å²) in [5.74, 6) is -0.500. The van der Waals surface area contributed by atoms with E-state index in [1.54, 1.807) is 18.2 Å². The minimum absolute atomic E-state index is 0.115. The second kappa shape index (κ2) is 7.05. The smallest absolute Gasteiger partial charge is 0.337 e. The molecule has 3 N–H and O–H groups in total. The van der Waals surface area contributed by atoms with Gasteiger partial charge in [0.25, 0.3) is 0 Å². The lowest BCUT2D eigenvalue weighted by molar-refractivity contribution is -0.118. The summed E-state index contributed by atoms with van der Waals surface area (Å²) < 4.78 is 4.65. The van der Waals surface area contributed by atoms with Crippen LogP contribution in [0.5, 0.6) is 0 Å². The summed E-state index contributed by atoms with van der Waals surface area (Å²) >= 11 is 0. The predicted molar refractivity (Wildman–Crippen MR) is 78.6 cm³/mol. The fraction of sp³-hybridized carbons (Fsp3) is 0.467. The molecule has 0 unspecified atom stereocenters. The highest BCUT2D eigenvalue weighted by Gasteiger charge is 2.20. The zero-order valence-electron chi connectivity index (χ0n) is 12.4. The lowest BCUT2D eigenvalue weighted by atomic mass is 9.99. The highest BCUT2D eigenvalue weighted by Crippen LogP contribution is 2.18. The number of nitrogens with one attached hydrogen (secondary N) is 1. The van der Waals surface area contributed by atoms with Gasteiger partial charge in [-0.15, -0.1) is 0 Å². The van der Waals surface area contributed by atoms with Crippen LogP contribution < -0.4 is 11.1 Å². The van der Waals surface area contributed by atoms with Crippen molar-refractivity contribution >= 4 is 17.6 Å². The molecule has 0 fully saturated rings. The third-order valence-corrected chi connectivity index (χ3v) is 3.47. The minimum Gasteiger partial charge on any atom is -0.465 e. The lowest BCUT2D eigenvalue weighted by Crippen LogP contribution is -2.40. The van der Waals surface area contributed by atoms with Crippen LogP contribution in [0.25, 0.3) is 0 Å². The van der Waals surface area contributed by atoms with Crippen LogP contribution in [0.4, 0.5) is 5.69 Å². The first-order valence-corrected chi connectivity index (χ1v) is 6.66. The maximum Gasteiger partial charge on any atom is 0.337 e. The zero-order chi connectivity index (χ0) is 15.3. The number of methoxy groups -OCH3 is 1. The molecule has 0 aromatic heterocycles. The number of anilines is 1. The molecule has 1 amide bonds. The topological polar surface area (TPSA) is 81.4 Å². The average molecular weight is 278 g/mol. The van der Waals surface area contributed by atoms with Crippen molar-refractivity contribution < 1.29 is 14.3 Å². The van der Waals surface area contributed by atoms with Crippen molar-refractivity contribution in [2.45, 2.75) is 33.2 Å². The van der Waals surface area contributed by atoms with Crippen molar-refractivity contribution in [3.8, 4) is 0 Å². The number of hydrogen-bond acceptors (Lipinski definition) is 4. The molecule has 0 aliphatic heterocycles. The van der Waals surface area contributed by atoms with Gasteiger partial charge in [0.2, 0.25) is 5.91 Å². The van der Waals surface area contributed by atoms with Gasteiger partial charge in [-0.2, -0.15) is 0 Å². The Labute approximate surface area is 119 Å². The quantitative estimate of drug-likeness (QED) is 0.808. The standard InChI is InChI=1S/C15H22N2O3/c1-5-9(2)13(16)14(18)17-12-7-6-11(8-10(12)3)15(19)20-4/h6-9,13H,5,16H2,1-4H3,(H,17,18)/t9-,13-/m0/s1. The Morgan fingerprint density at radius 2 is 2.05 bits per heavy atom. The fourth-order valence-corrected chi connectivity index (χ4v) is 1.78. The minimum atomic E-state index is -0.542. The van der Waals surface area contributed by atoms with E-state index in [4.69, 9.17) is 5.73 Å². The summed E-state index contributed by atoms with van der Waals surface area (Å²) in [7, 11) is 1.33. The molecule has 20 heavy (non-hydrogen) atoms. The van der Waals surface area contributed by atoms with Gasteiger partial charge in [0.05, 0.1) is 18.7 Å². The van der Waals surface area contributed by atoms with Crippen LogP contribution in [0.15, 0.2) is 18.2 Å². The van der Waals surface area contributed by atoms with Gasteiger partial charge in [0.15, 0.2) is 0 Å². The predicted octanol–water partition coefficient (Wildman–Crippen LogP) is 2.09. The van der Waals surface area contributed by atoms with Gasteiger partial charge in [-0.25, -0.2) is 4.79 Å². The molecular formula is C15H22N2O3. The van der Waals surface area contributed by atoms with Gasteiger partial charge in [-0.1, -0.05) is 20.3 Å². The van der Waals surface area contributed by atoms with E-state index in [0.29, 0.717) is 11.3 Å². The zero-order valence-corrected chi connectivity index (χ0v) is 12.4. The number of nitrogens with two attached hydrogens (primary N) is 1. The number of benzene rings is 1. The van der Waals surface area contributed by atoms with Crippen molar-refractivity contribution in [2.75, 3.05) is 12.4 Å². The second-order valence-electron chi connectivity index (χ2n) is 4.92.